The van der Waals surface area contributed by atoms with Crippen molar-refractivity contribution in [3.05, 3.63) is 77.5 Å². The number of pyridine rings is 2. The van der Waals surface area contributed by atoms with Gasteiger partial charge in [-0.15, -0.1) is 0 Å². The van der Waals surface area contributed by atoms with Crippen molar-refractivity contribution in [1.82, 2.24) is 9.97 Å². The highest BCUT2D eigenvalue weighted by atomic mass is 19.1. The van der Waals surface area contributed by atoms with Gasteiger partial charge in [0.1, 0.15) is 11.5 Å². The first-order chi connectivity index (χ1) is 14.5. The molecular weight excluding hydrogens is 381 g/mol. The maximum atomic E-state index is 14.3. The summed E-state index contributed by atoms with van der Waals surface area (Å²) >= 11 is 0. The number of nitrogens with one attached hydrogen (secondary N) is 1. The second-order valence-corrected chi connectivity index (χ2v) is 7.81. The topological polar surface area (TPSA) is 75.1 Å². The number of aromatic nitrogens is 2. The molecule has 0 radical (unpaired) electrons. The van der Waals surface area contributed by atoms with Crippen molar-refractivity contribution < 1.29 is 14.3 Å². The molecule has 1 fully saturated rings. The summed E-state index contributed by atoms with van der Waals surface area (Å²) in [5.41, 5.74) is 3.58. The van der Waals surface area contributed by atoms with Crippen LogP contribution < -0.4 is 5.32 Å². The van der Waals surface area contributed by atoms with Gasteiger partial charge in [-0.25, -0.2) is 9.37 Å². The van der Waals surface area contributed by atoms with Gasteiger partial charge in [-0.3, -0.25) is 9.78 Å². The molecule has 1 saturated carbocycles. The Morgan fingerprint density at radius 3 is 2.73 bits per heavy atom. The normalized spacial score (nSPS) is 18.8. The minimum atomic E-state index is -0.375. The van der Waals surface area contributed by atoms with Gasteiger partial charge in [0, 0.05) is 11.8 Å². The number of hydrogen-bond acceptors (Lipinski definition) is 4. The Hall–Kier alpha value is -3.12. The number of amides is 1. The fourth-order valence-electron chi connectivity index (χ4n) is 3.99. The maximum Gasteiger partial charge on any atom is 0.274 e. The summed E-state index contributed by atoms with van der Waals surface area (Å²) in [7, 11) is 0. The molecule has 0 saturated heterocycles. The number of nitrogens with zero attached hydrogens (tertiary/aromatic N) is 2. The second kappa shape index (κ2) is 8.71. The van der Waals surface area contributed by atoms with Crippen LogP contribution in [0.15, 0.2) is 54.9 Å². The minimum Gasteiger partial charge on any atom is -0.393 e. The van der Waals surface area contributed by atoms with E-state index in [-0.39, 0.29) is 29.4 Å². The van der Waals surface area contributed by atoms with E-state index in [1.807, 2.05) is 13.0 Å². The molecule has 2 N–H and O–H groups in total. The molecule has 2 aromatic heterocycles. The van der Waals surface area contributed by atoms with Crippen molar-refractivity contribution in [2.24, 2.45) is 0 Å². The Labute approximate surface area is 175 Å². The number of anilines is 1. The smallest absolute Gasteiger partial charge is 0.274 e. The number of aliphatic hydroxyl groups is 1. The third kappa shape index (κ3) is 4.39. The molecule has 1 aliphatic rings. The summed E-state index contributed by atoms with van der Waals surface area (Å²) < 4.78 is 14.3. The quantitative estimate of drug-likeness (QED) is 0.650. The molecule has 0 aliphatic heterocycles. The molecule has 0 bridgehead atoms. The highest BCUT2D eigenvalue weighted by molar-refractivity contribution is 6.03. The lowest BCUT2D eigenvalue weighted by atomic mass is 9.82. The monoisotopic (exact) mass is 405 g/mol. The van der Waals surface area contributed by atoms with E-state index >= 15 is 0 Å². The molecule has 1 aliphatic carbocycles. The first-order valence-corrected chi connectivity index (χ1v) is 10.2. The number of benzene rings is 1. The molecule has 0 unspecified atom stereocenters. The number of carbonyl (C=O) groups is 1. The van der Waals surface area contributed by atoms with Crippen molar-refractivity contribution in [1.29, 1.82) is 0 Å². The standard InChI is InChI=1S/C24H24FN3O2/c1-15-5-10-20(25)19(13-15)21-3-2-4-22(27-21)24(30)28-23-14-26-12-11-18(23)16-6-8-17(29)9-7-16/h2-5,10-14,16-17,29H,6-9H2,1H3,(H,28,30). The first-order valence-electron chi connectivity index (χ1n) is 10.2. The zero-order valence-electron chi connectivity index (χ0n) is 16.8. The van der Waals surface area contributed by atoms with E-state index in [0.29, 0.717) is 16.9 Å². The summed E-state index contributed by atoms with van der Waals surface area (Å²) in [5.74, 6) is -0.470. The summed E-state index contributed by atoms with van der Waals surface area (Å²) in [6.07, 6.45) is 6.37. The highest BCUT2D eigenvalue weighted by Crippen LogP contribution is 2.36. The van der Waals surface area contributed by atoms with Crippen LogP contribution >= 0.6 is 0 Å². The van der Waals surface area contributed by atoms with Crippen LogP contribution in [-0.4, -0.2) is 27.1 Å². The predicted molar refractivity (Wildman–Crippen MR) is 114 cm³/mol. The number of rotatable bonds is 4. The Morgan fingerprint density at radius 2 is 1.93 bits per heavy atom. The van der Waals surface area contributed by atoms with E-state index in [1.54, 1.807) is 42.7 Å². The van der Waals surface area contributed by atoms with Crippen molar-refractivity contribution in [2.75, 3.05) is 5.32 Å². The minimum absolute atomic E-state index is 0.210. The van der Waals surface area contributed by atoms with Crippen LogP contribution in [0.3, 0.4) is 0 Å². The average molecular weight is 405 g/mol. The van der Waals surface area contributed by atoms with Crippen LogP contribution in [0.4, 0.5) is 10.1 Å². The fourth-order valence-corrected chi connectivity index (χ4v) is 3.99. The molecule has 4 rings (SSSR count). The Kier molecular flexibility index (Phi) is 5.86. The average Bonchev–Trinajstić information content (AvgIpc) is 2.76. The Balaban J connectivity index is 1.58. The van der Waals surface area contributed by atoms with Crippen molar-refractivity contribution >= 4 is 11.6 Å². The molecule has 3 aromatic rings. The number of aryl methyl sites for hydroxylation is 1. The van der Waals surface area contributed by atoms with Crippen LogP contribution in [0.1, 0.15) is 53.2 Å². The maximum absolute atomic E-state index is 14.3. The molecule has 0 atom stereocenters. The zero-order chi connectivity index (χ0) is 21.1. The van der Waals surface area contributed by atoms with E-state index in [1.165, 1.54) is 6.07 Å². The SMILES string of the molecule is Cc1ccc(F)c(-c2cccc(C(=O)Nc3cnccc3C3CCC(O)CC3)n2)c1. The first kappa shape index (κ1) is 20.2. The predicted octanol–water partition coefficient (Wildman–Crippen LogP) is 4.86. The third-order valence-electron chi connectivity index (χ3n) is 5.62. The molecule has 1 amide bonds. The Bertz CT molecular complexity index is 1060. The molecular formula is C24H24FN3O2. The zero-order valence-corrected chi connectivity index (χ0v) is 16.8. The van der Waals surface area contributed by atoms with Crippen LogP contribution in [-0.2, 0) is 0 Å². The van der Waals surface area contributed by atoms with Gasteiger partial charge >= 0.3 is 0 Å². The second-order valence-electron chi connectivity index (χ2n) is 7.81. The van der Waals surface area contributed by atoms with E-state index in [0.717, 1.165) is 36.8 Å². The molecule has 6 heteroatoms. The summed E-state index contributed by atoms with van der Waals surface area (Å²) in [6, 6.07) is 11.7. The van der Waals surface area contributed by atoms with Gasteiger partial charge in [0.05, 0.1) is 23.7 Å². The van der Waals surface area contributed by atoms with Gasteiger partial charge in [-0.1, -0.05) is 17.7 Å². The summed E-state index contributed by atoms with van der Waals surface area (Å²) in [4.78, 5) is 21.4. The lowest BCUT2D eigenvalue weighted by Gasteiger charge is -2.27. The van der Waals surface area contributed by atoms with Crippen molar-refractivity contribution in [2.45, 2.75) is 44.6 Å². The van der Waals surface area contributed by atoms with Gasteiger partial charge in [0.2, 0.25) is 0 Å². The van der Waals surface area contributed by atoms with Crippen LogP contribution in [0, 0.1) is 12.7 Å². The van der Waals surface area contributed by atoms with Gasteiger partial charge in [-0.05, 0) is 74.4 Å². The van der Waals surface area contributed by atoms with E-state index in [2.05, 4.69) is 15.3 Å². The fraction of sp³-hybridized carbons (Fsp3) is 0.292. The molecule has 0 spiro atoms. The number of hydrogen-bond donors (Lipinski definition) is 2. The molecule has 1 aromatic carbocycles. The third-order valence-corrected chi connectivity index (χ3v) is 5.62. The molecule has 2 heterocycles. The van der Waals surface area contributed by atoms with Crippen LogP contribution in [0.5, 0.6) is 0 Å². The van der Waals surface area contributed by atoms with Crippen LogP contribution in [0.2, 0.25) is 0 Å². The lowest BCUT2D eigenvalue weighted by molar-refractivity contribution is 0.102. The number of aliphatic hydroxyl groups excluding tert-OH is 1. The highest BCUT2D eigenvalue weighted by Gasteiger charge is 2.23. The number of carbonyl (C=O) groups excluding carboxylic acids is 1. The van der Waals surface area contributed by atoms with Crippen LogP contribution in [0.25, 0.3) is 11.3 Å². The van der Waals surface area contributed by atoms with Gasteiger partial charge in [-0.2, -0.15) is 0 Å². The van der Waals surface area contributed by atoms with Crippen molar-refractivity contribution in [3.8, 4) is 11.3 Å². The Morgan fingerprint density at radius 1 is 1.13 bits per heavy atom. The van der Waals surface area contributed by atoms with Gasteiger partial charge in [0.15, 0.2) is 0 Å². The van der Waals surface area contributed by atoms with Crippen molar-refractivity contribution in [3.63, 3.8) is 0 Å². The van der Waals surface area contributed by atoms with E-state index in [4.69, 9.17) is 0 Å². The largest absolute Gasteiger partial charge is 0.393 e. The number of halogens is 1. The van der Waals surface area contributed by atoms with Gasteiger partial charge < -0.3 is 10.4 Å². The lowest BCUT2D eigenvalue weighted by Crippen LogP contribution is -2.20. The van der Waals surface area contributed by atoms with Gasteiger partial charge in [0.25, 0.3) is 5.91 Å². The van der Waals surface area contributed by atoms with E-state index in [9.17, 15) is 14.3 Å². The van der Waals surface area contributed by atoms with E-state index < -0.39 is 0 Å². The summed E-state index contributed by atoms with van der Waals surface area (Å²) in [6.45, 7) is 1.88. The molecule has 5 nitrogen and oxygen atoms in total. The molecule has 154 valence electrons. The summed E-state index contributed by atoms with van der Waals surface area (Å²) in [5, 5.41) is 12.7. The molecule has 30 heavy (non-hydrogen) atoms.